The van der Waals surface area contributed by atoms with Crippen LogP contribution in [0.25, 0.3) is 0 Å². The minimum atomic E-state index is -0.354. The molecule has 0 unspecified atom stereocenters. The lowest BCUT2D eigenvalue weighted by atomic mass is 10.0. The zero-order chi connectivity index (χ0) is 12.5. The van der Waals surface area contributed by atoms with Crippen LogP contribution in [-0.4, -0.2) is 12.3 Å². The summed E-state index contributed by atoms with van der Waals surface area (Å²) in [7, 11) is 0. The maximum atomic E-state index is 11.4. The number of ether oxygens (including phenoxy) is 1. The van der Waals surface area contributed by atoms with Crippen molar-refractivity contribution < 1.29 is 14.3 Å². The van der Waals surface area contributed by atoms with Gasteiger partial charge >= 0.3 is 5.97 Å². The molecule has 0 aliphatic rings. The molecule has 0 saturated carbocycles. The van der Waals surface area contributed by atoms with Gasteiger partial charge in [-0.2, -0.15) is 0 Å². The summed E-state index contributed by atoms with van der Waals surface area (Å²) in [5.74, 6) is -0.677. The molecule has 0 heterocycles. The standard InChI is InChI=1S/C14H16O3/c1-2-6-13(10-15)9-14(16)17-11-12-7-4-3-5-8-12/h2-5,7-8,10,13H,1,6,9,11H2/t13-/m1/s1. The Bertz CT molecular complexity index is 370. The smallest absolute Gasteiger partial charge is 0.306 e. The molecule has 0 aromatic heterocycles. The van der Waals surface area contributed by atoms with Gasteiger partial charge in [-0.15, -0.1) is 6.58 Å². The molecule has 0 aliphatic carbocycles. The Morgan fingerprint density at radius 3 is 2.65 bits per heavy atom. The van der Waals surface area contributed by atoms with E-state index < -0.39 is 0 Å². The van der Waals surface area contributed by atoms with Gasteiger partial charge in [0.05, 0.1) is 6.42 Å². The Labute approximate surface area is 101 Å². The highest BCUT2D eigenvalue weighted by Crippen LogP contribution is 2.09. The number of aldehydes is 1. The van der Waals surface area contributed by atoms with Crippen molar-refractivity contribution in [1.82, 2.24) is 0 Å². The fourth-order valence-electron chi connectivity index (χ4n) is 1.41. The van der Waals surface area contributed by atoms with Crippen LogP contribution in [0.1, 0.15) is 18.4 Å². The van der Waals surface area contributed by atoms with Gasteiger partial charge in [0, 0.05) is 5.92 Å². The summed E-state index contributed by atoms with van der Waals surface area (Å²) < 4.78 is 5.07. The van der Waals surface area contributed by atoms with E-state index in [2.05, 4.69) is 6.58 Å². The normalized spacial score (nSPS) is 11.5. The molecule has 1 aromatic rings. The van der Waals surface area contributed by atoms with Gasteiger partial charge in [-0.05, 0) is 12.0 Å². The van der Waals surface area contributed by atoms with Gasteiger partial charge in [-0.25, -0.2) is 0 Å². The van der Waals surface area contributed by atoms with Gasteiger partial charge in [-0.1, -0.05) is 36.4 Å². The summed E-state index contributed by atoms with van der Waals surface area (Å²) in [6.07, 6.45) is 3.02. The number of hydrogen-bond acceptors (Lipinski definition) is 3. The maximum Gasteiger partial charge on any atom is 0.306 e. The Balaban J connectivity index is 2.34. The molecule has 3 heteroatoms. The molecule has 17 heavy (non-hydrogen) atoms. The van der Waals surface area contributed by atoms with Crippen molar-refractivity contribution in [1.29, 1.82) is 0 Å². The van der Waals surface area contributed by atoms with E-state index in [1.165, 1.54) is 0 Å². The molecule has 0 amide bonds. The second-order valence-electron chi connectivity index (χ2n) is 3.77. The average Bonchev–Trinajstić information content (AvgIpc) is 2.37. The van der Waals surface area contributed by atoms with Crippen molar-refractivity contribution in [3.8, 4) is 0 Å². The summed E-state index contributed by atoms with van der Waals surface area (Å²) in [5, 5.41) is 0. The number of carbonyl (C=O) groups is 2. The molecule has 0 saturated heterocycles. The fraction of sp³-hybridized carbons (Fsp3) is 0.286. The van der Waals surface area contributed by atoms with E-state index in [1.54, 1.807) is 6.08 Å². The summed E-state index contributed by atoms with van der Waals surface area (Å²) >= 11 is 0. The number of rotatable bonds is 7. The first-order chi connectivity index (χ1) is 8.26. The third-order valence-electron chi connectivity index (χ3n) is 2.33. The van der Waals surface area contributed by atoms with Crippen molar-refractivity contribution in [3.63, 3.8) is 0 Å². The maximum absolute atomic E-state index is 11.4. The van der Waals surface area contributed by atoms with Gasteiger partial charge in [0.15, 0.2) is 0 Å². The van der Waals surface area contributed by atoms with Crippen LogP contribution in [0.3, 0.4) is 0 Å². The topological polar surface area (TPSA) is 43.4 Å². The molecule has 0 fully saturated rings. The lowest BCUT2D eigenvalue weighted by Gasteiger charge is -2.08. The highest BCUT2D eigenvalue weighted by Gasteiger charge is 2.12. The number of allylic oxidation sites excluding steroid dienone is 1. The Kier molecular flexibility index (Phi) is 5.72. The van der Waals surface area contributed by atoms with Gasteiger partial charge in [0.25, 0.3) is 0 Å². The van der Waals surface area contributed by atoms with Gasteiger partial charge in [-0.3, -0.25) is 4.79 Å². The van der Waals surface area contributed by atoms with E-state index >= 15 is 0 Å². The molecular weight excluding hydrogens is 216 g/mol. The first kappa shape index (κ1) is 13.2. The average molecular weight is 232 g/mol. The minimum absolute atomic E-state index is 0.113. The minimum Gasteiger partial charge on any atom is -0.461 e. The molecular formula is C14H16O3. The second-order valence-corrected chi connectivity index (χ2v) is 3.77. The van der Waals surface area contributed by atoms with Gasteiger partial charge in [0.1, 0.15) is 12.9 Å². The molecule has 0 radical (unpaired) electrons. The summed E-state index contributed by atoms with van der Waals surface area (Å²) in [4.78, 5) is 22.1. The zero-order valence-corrected chi connectivity index (χ0v) is 9.67. The summed E-state index contributed by atoms with van der Waals surface area (Å²) in [6, 6.07) is 9.44. The predicted octanol–water partition coefficient (Wildman–Crippen LogP) is 2.51. The summed E-state index contributed by atoms with van der Waals surface area (Å²) in [6.45, 7) is 3.79. The largest absolute Gasteiger partial charge is 0.461 e. The zero-order valence-electron chi connectivity index (χ0n) is 9.67. The van der Waals surface area contributed by atoms with Gasteiger partial charge in [0.2, 0.25) is 0 Å². The monoisotopic (exact) mass is 232 g/mol. The Morgan fingerprint density at radius 2 is 2.06 bits per heavy atom. The molecule has 0 bridgehead atoms. The molecule has 1 atom stereocenters. The molecule has 0 N–H and O–H groups in total. The van der Waals surface area contributed by atoms with Crippen LogP contribution in [0.4, 0.5) is 0 Å². The second kappa shape index (κ2) is 7.39. The Hall–Kier alpha value is -1.90. The predicted molar refractivity (Wildman–Crippen MR) is 65.2 cm³/mol. The van der Waals surface area contributed by atoms with Crippen LogP contribution in [0.5, 0.6) is 0 Å². The fourth-order valence-corrected chi connectivity index (χ4v) is 1.41. The highest BCUT2D eigenvalue weighted by atomic mass is 16.5. The van der Waals surface area contributed by atoms with E-state index in [0.29, 0.717) is 6.42 Å². The number of hydrogen-bond donors (Lipinski definition) is 0. The molecule has 90 valence electrons. The van der Waals surface area contributed by atoms with Crippen molar-refractivity contribution >= 4 is 12.3 Å². The first-order valence-corrected chi connectivity index (χ1v) is 5.52. The SMILES string of the molecule is C=CC[C@@H](C=O)CC(=O)OCc1ccccc1. The van der Waals surface area contributed by atoms with Crippen LogP contribution >= 0.6 is 0 Å². The van der Waals surface area contributed by atoms with E-state index in [-0.39, 0.29) is 24.9 Å². The molecule has 3 nitrogen and oxygen atoms in total. The number of benzene rings is 1. The van der Waals surface area contributed by atoms with Crippen LogP contribution in [0.15, 0.2) is 43.0 Å². The molecule has 0 aliphatic heterocycles. The van der Waals surface area contributed by atoms with Crippen LogP contribution in [0.2, 0.25) is 0 Å². The van der Waals surface area contributed by atoms with Crippen molar-refractivity contribution in [2.24, 2.45) is 5.92 Å². The molecule has 1 aromatic carbocycles. The molecule has 1 rings (SSSR count). The lowest BCUT2D eigenvalue weighted by Crippen LogP contribution is -2.12. The third-order valence-corrected chi connectivity index (χ3v) is 2.33. The van der Waals surface area contributed by atoms with Crippen LogP contribution in [0, 0.1) is 5.92 Å². The van der Waals surface area contributed by atoms with Gasteiger partial charge < -0.3 is 9.53 Å². The van der Waals surface area contributed by atoms with E-state index in [1.807, 2.05) is 30.3 Å². The lowest BCUT2D eigenvalue weighted by molar-refractivity contribution is -0.146. The van der Waals surface area contributed by atoms with Crippen molar-refractivity contribution in [2.45, 2.75) is 19.4 Å². The van der Waals surface area contributed by atoms with Crippen LogP contribution < -0.4 is 0 Å². The first-order valence-electron chi connectivity index (χ1n) is 5.52. The van der Waals surface area contributed by atoms with Crippen molar-refractivity contribution in [3.05, 3.63) is 48.6 Å². The van der Waals surface area contributed by atoms with E-state index in [4.69, 9.17) is 4.74 Å². The third kappa shape index (κ3) is 5.11. The number of esters is 1. The van der Waals surface area contributed by atoms with E-state index in [9.17, 15) is 9.59 Å². The van der Waals surface area contributed by atoms with Crippen LogP contribution in [-0.2, 0) is 20.9 Å². The summed E-state index contributed by atoms with van der Waals surface area (Å²) in [5.41, 5.74) is 0.937. The quantitative estimate of drug-likeness (QED) is 0.412. The highest BCUT2D eigenvalue weighted by molar-refractivity contribution is 5.73. The van der Waals surface area contributed by atoms with Crippen molar-refractivity contribution in [2.75, 3.05) is 0 Å². The molecule has 0 spiro atoms. The van der Waals surface area contributed by atoms with E-state index in [0.717, 1.165) is 11.8 Å². The number of carbonyl (C=O) groups excluding carboxylic acids is 2. The Morgan fingerprint density at radius 1 is 1.35 bits per heavy atom.